The maximum atomic E-state index is 12.7. The summed E-state index contributed by atoms with van der Waals surface area (Å²) in [5.74, 6) is 0.700. The van der Waals surface area contributed by atoms with Gasteiger partial charge in [0, 0.05) is 17.4 Å². The molecule has 164 valence electrons. The lowest BCUT2D eigenvalue weighted by atomic mass is 9.75. The third-order valence-corrected chi connectivity index (χ3v) is 5.52. The van der Waals surface area contributed by atoms with E-state index < -0.39 is 0 Å². The summed E-state index contributed by atoms with van der Waals surface area (Å²) >= 11 is 0. The second-order valence-electron chi connectivity index (χ2n) is 10.3. The Bertz CT molecular complexity index is 511. The third-order valence-electron chi connectivity index (χ3n) is 5.52. The second kappa shape index (κ2) is 12.5. The van der Waals surface area contributed by atoms with Crippen molar-refractivity contribution in [2.75, 3.05) is 19.6 Å². The minimum Gasteiger partial charge on any atom is -0.353 e. The molecule has 0 aliphatic heterocycles. The normalized spacial score (nSPS) is 16.9. The fourth-order valence-corrected chi connectivity index (χ4v) is 4.17. The molecule has 0 bridgehead atoms. The minimum atomic E-state index is -0.322. The average molecular weight is 394 g/mol. The van der Waals surface area contributed by atoms with Gasteiger partial charge in [0.25, 0.3) is 0 Å². The van der Waals surface area contributed by atoms with Crippen LogP contribution in [0.25, 0.3) is 0 Å². The monoisotopic (exact) mass is 393 g/mol. The number of amides is 1. The van der Waals surface area contributed by atoms with Gasteiger partial charge in [-0.15, -0.1) is 0 Å². The van der Waals surface area contributed by atoms with Crippen molar-refractivity contribution in [2.45, 2.75) is 94.5 Å². The number of carbonyl (C=O) groups excluding carboxylic acids is 1. The van der Waals surface area contributed by atoms with E-state index in [2.05, 4.69) is 92.8 Å². The maximum absolute atomic E-state index is 12.7. The summed E-state index contributed by atoms with van der Waals surface area (Å²) in [7, 11) is 0. The molecule has 0 aliphatic rings. The summed E-state index contributed by atoms with van der Waals surface area (Å²) in [6, 6.07) is 0.230. The number of hydrogen-bond donors (Lipinski definition) is 2. The third kappa shape index (κ3) is 11.0. The van der Waals surface area contributed by atoms with Crippen molar-refractivity contribution in [3.8, 4) is 0 Å². The van der Waals surface area contributed by atoms with E-state index in [4.69, 9.17) is 0 Å². The first kappa shape index (κ1) is 26.9. The first-order valence-corrected chi connectivity index (χ1v) is 11.3. The Labute approximate surface area is 176 Å². The molecule has 0 saturated carbocycles. The Kier molecular flexibility index (Phi) is 12.0. The van der Waals surface area contributed by atoms with Gasteiger partial charge in [-0.05, 0) is 57.9 Å². The summed E-state index contributed by atoms with van der Waals surface area (Å²) in [6.07, 6.45) is 9.77. The van der Waals surface area contributed by atoms with Crippen LogP contribution in [-0.2, 0) is 4.79 Å². The minimum absolute atomic E-state index is 0.156. The second-order valence-corrected chi connectivity index (χ2v) is 10.3. The highest BCUT2D eigenvalue weighted by Gasteiger charge is 2.33. The van der Waals surface area contributed by atoms with E-state index in [0.717, 1.165) is 38.9 Å². The summed E-state index contributed by atoms with van der Waals surface area (Å²) in [5.41, 5.74) is 1.35. The Morgan fingerprint density at radius 3 is 2.18 bits per heavy atom. The van der Waals surface area contributed by atoms with Crippen molar-refractivity contribution in [2.24, 2.45) is 16.7 Å². The topological polar surface area (TPSA) is 33.5 Å². The molecule has 3 nitrogen and oxygen atoms in total. The molecular weight excluding hydrogens is 344 g/mol. The van der Waals surface area contributed by atoms with Crippen LogP contribution in [0, 0.1) is 16.7 Å². The van der Waals surface area contributed by atoms with Gasteiger partial charge in [0.1, 0.15) is 0 Å². The molecule has 3 unspecified atom stereocenters. The van der Waals surface area contributed by atoms with Crippen LogP contribution in [-0.4, -0.2) is 31.6 Å². The molecule has 0 aliphatic carbocycles. The van der Waals surface area contributed by atoms with Crippen molar-refractivity contribution in [1.29, 1.82) is 0 Å². The zero-order valence-corrected chi connectivity index (χ0v) is 20.5. The standard InChI is InChI=1S/C25H48N2O/c1-11-15-20(4)22(12-2)18-27(13-3)17-14-16-21(5)26-23(28)25(9,10)19-24(6,7)8/h11-12,15,20-21H,13-14,16-19H2,1-10H3,(H,26,28)/p+1/b15-11-,22-12-. The number of hydrogen-bond acceptors (Lipinski definition) is 1. The highest BCUT2D eigenvalue weighted by atomic mass is 16.2. The number of likely N-dealkylation sites (N-methyl/N-ethyl adjacent to an activating group) is 1. The molecular formula is C25H49N2O+. The van der Waals surface area contributed by atoms with Gasteiger partial charge >= 0.3 is 0 Å². The molecule has 3 heteroatoms. The lowest BCUT2D eigenvalue weighted by Crippen LogP contribution is -3.12. The van der Waals surface area contributed by atoms with E-state index in [1.807, 2.05) is 0 Å². The number of carbonyl (C=O) groups is 1. The van der Waals surface area contributed by atoms with Crippen LogP contribution < -0.4 is 10.2 Å². The van der Waals surface area contributed by atoms with Gasteiger partial charge in [-0.3, -0.25) is 4.79 Å². The molecule has 0 fully saturated rings. The molecule has 0 aromatic carbocycles. The summed E-state index contributed by atoms with van der Waals surface area (Å²) in [6.45, 7) is 25.1. The molecule has 0 spiro atoms. The number of nitrogens with one attached hydrogen (secondary N) is 2. The molecule has 2 N–H and O–H groups in total. The molecule has 1 amide bonds. The molecule has 0 rings (SSSR count). The van der Waals surface area contributed by atoms with Crippen LogP contribution >= 0.6 is 0 Å². The van der Waals surface area contributed by atoms with Crippen LogP contribution in [0.3, 0.4) is 0 Å². The van der Waals surface area contributed by atoms with Gasteiger partial charge in [0.05, 0.1) is 19.6 Å². The largest absolute Gasteiger partial charge is 0.353 e. The zero-order chi connectivity index (χ0) is 22.0. The van der Waals surface area contributed by atoms with Crippen LogP contribution in [0.2, 0.25) is 0 Å². The first-order valence-electron chi connectivity index (χ1n) is 11.3. The van der Waals surface area contributed by atoms with Crippen LogP contribution in [0.5, 0.6) is 0 Å². The van der Waals surface area contributed by atoms with E-state index in [-0.39, 0.29) is 22.8 Å². The van der Waals surface area contributed by atoms with E-state index in [0.29, 0.717) is 5.92 Å². The zero-order valence-electron chi connectivity index (χ0n) is 20.5. The fourth-order valence-electron chi connectivity index (χ4n) is 4.17. The summed E-state index contributed by atoms with van der Waals surface area (Å²) in [4.78, 5) is 14.3. The van der Waals surface area contributed by atoms with Gasteiger partial charge in [0.2, 0.25) is 5.91 Å². The first-order chi connectivity index (χ1) is 12.9. The van der Waals surface area contributed by atoms with Gasteiger partial charge in [-0.2, -0.15) is 0 Å². The van der Waals surface area contributed by atoms with Crippen molar-refractivity contribution < 1.29 is 9.69 Å². The van der Waals surface area contributed by atoms with Crippen molar-refractivity contribution in [1.82, 2.24) is 5.32 Å². The van der Waals surface area contributed by atoms with Gasteiger partial charge in [-0.1, -0.05) is 59.8 Å². The van der Waals surface area contributed by atoms with E-state index in [9.17, 15) is 4.79 Å². The predicted octanol–water partition coefficient (Wildman–Crippen LogP) is 4.80. The Balaban J connectivity index is 4.51. The smallest absolute Gasteiger partial charge is 0.225 e. The van der Waals surface area contributed by atoms with E-state index in [1.54, 1.807) is 4.90 Å². The molecule has 0 aromatic heterocycles. The molecule has 0 saturated heterocycles. The lowest BCUT2D eigenvalue weighted by molar-refractivity contribution is -0.894. The maximum Gasteiger partial charge on any atom is 0.225 e. The van der Waals surface area contributed by atoms with Crippen molar-refractivity contribution in [3.63, 3.8) is 0 Å². The van der Waals surface area contributed by atoms with Crippen LogP contribution in [0.1, 0.15) is 88.5 Å². The molecule has 3 atom stereocenters. The number of allylic oxidation sites excluding steroid dienone is 3. The highest BCUT2D eigenvalue weighted by Crippen LogP contribution is 2.33. The SMILES string of the molecule is C/C=C\C(C)/C(=C\C)C[NH+](CC)CCCC(C)NC(=O)C(C)(C)CC(C)(C)C. The van der Waals surface area contributed by atoms with Gasteiger partial charge in [0.15, 0.2) is 0 Å². The average Bonchev–Trinajstić information content (AvgIpc) is 2.55. The van der Waals surface area contributed by atoms with Gasteiger partial charge < -0.3 is 10.2 Å². The number of quaternary nitrogens is 1. The summed E-state index contributed by atoms with van der Waals surface area (Å²) in [5, 5.41) is 3.25. The quantitative estimate of drug-likeness (QED) is 0.459. The Morgan fingerprint density at radius 1 is 1.11 bits per heavy atom. The highest BCUT2D eigenvalue weighted by molar-refractivity contribution is 5.82. The summed E-state index contributed by atoms with van der Waals surface area (Å²) < 4.78 is 0. The lowest BCUT2D eigenvalue weighted by Gasteiger charge is -2.32. The molecule has 0 radical (unpaired) electrons. The van der Waals surface area contributed by atoms with Crippen LogP contribution in [0.4, 0.5) is 0 Å². The van der Waals surface area contributed by atoms with Crippen molar-refractivity contribution >= 4 is 5.91 Å². The predicted molar refractivity (Wildman–Crippen MR) is 124 cm³/mol. The molecule has 28 heavy (non-hydrogen) atoms. The Hall–Kier alpha value is -1.09. The van der Waals surface area contributed by atoms with Crippen molar-refractivity contribution in [3.05, 3.63) is 23.8 Å². The van der Waals surface area contributed by atoms with E-state index in [1.165, 1.54) is 5.57 Å². The van der Waals surface area contributed by atoms with E-state index >= 15 is 0 Å². The number of rotatable bonds is 12. The van der Waals surface area contributed by atoms with Crippen LogP contribution in [0.15, 0.2) is 23.8 Å². The Morgan fingerprint density at radius 2 is 1.71 bits per heavy atom. The molecule has 0 aromatic rings. The van der Waals surface area contributed by atoms with Gasteiger partial charge in [-0.25, -0.2) is 0 Å². The fraction of sp³-hybridized carbons (Fsp3) is 0.800. The molecule has 0 heterocycles.